The van der Waals surface area contributed by atoms with Crippen molar-refractivity contribution in [3.63, 3.8) is 0 Å². The van der Waals surface area contributed by atoms with Crippen LogP contribution in [0, 0.1) is 11.8 Å². The molecule has 0 unspecified atom stereocenters. The van der Waals surface area contributed by atoms with Crippen molar-refractivity contribution in [1.82, 2.24) is 9.80 Å². The highest BCUT2D eigenvalue weighted by molar-refractivity contribution is 6.35. The Bertz CT molecular complexity index is 1020. The summed E-state index contributed by atoms with van der Waals surface area (Å²) in [5, 5.41) is 5.95. The number of rotatable bonds is 8. The van der Waals surface area contributed by atoms with E-state index in [1.54, 1.807) is 6.07 Å². The Balaban J connectivity index is 1.27. The second-order valence-corrected chi connectivity index (χ2v) is 10.9. The molecular formula is C29H37Cl2N3O. The summed E-state index contributed by atoms with van der Waals surface area (Å²) in [7, 11) is 0. The van der Waals surface area contributed by atoms with E-state index in [-0.39, 0.29) is 0 Å². The Morgan fingerprint density at radius 3 is 2.54 bits per heavy atom. The van der Waals surface area contributed by atoms with Crippen molar-refractivity contribution >= 4 is 35.0 Å². The quantitative estimate of drug-likeness (QED) is 0.354. The Hall–Kier alpha value is -1.85. The van der Waals surface area contributed by atoms with E-state index in [0.29, 0.717) is 28.5 Å². The van der Waals surface area contributed by atoms with Crippen LogP contribution in [0.5, 0.6) is 0 Å². The number of piperazine rings is 1. The predicted octanol–water partition coefficient (Wildman–Crippen LogP) is 7.02. The fraction of sp³-hybridized carbons (Fsp3) is 0.483. The SMILES string of the molecule is C[C@H](CO/N=C1/C(=C/c2ccc(Cl)cc2Cl)CCC[C@H]1C)CN1CCN(Cc2ccccc2)CC1. The highest BCUT2D eigenvalue weighted by atomic mass is 35.5. The summed E-state index contributed by atoms with van der Waals surface area (Å²) in [6.45, 7) is 11.7. The molecule has 188 valence electrons. The van der Waals surface area contributed by atoms with Crippen LogP contribution in [0.1, 0.15) is 44.2 Å². The molecule has 0 amide bonds. The zero-order valence-electron chi connectivity index (χ0n) is 20.9. The maximum absolute atomic E-state index is 6.41. The topological polar surface area (TPSA) is 28.1 Å². The average molecular weight is 515 g/mol. The van der Waals surface area contributed by atoms with Gasteiger partial charge in [-0.1, -0.05) is 78.6 Å². The lowest BCUT2D eigenvalue weighted by Crippen LogP contribution is -2.47. The average Bonchev–Trinajstić information content (AvgIpc) is 2.84. The second kappa shape index (κ2) is 12.9. The fourth-order valence-electron chi connectivity index (χ4n) is 4.98. The molecule has 1 saturated heterocycles. The predicted molar refractivity (Wildman–Crippen MR) is 148 cm³/mol. The molecule has 35 heavy (non-hydrogen) atoms. The van der Waals surface area contributed by atoms with Crippen LogP contribution < -0.4 is 0 Å². The zero-order valence-corrected chi connectivity index (χ0v) is 22.4. The van der Waals surface area contributed by atoms with Gasteiger partial charge in [0.15, 0.2) is 0 Å². The van der Waals surface area contributed by atoms with E-state index in [1.807, 2.05) is 12.1 Å². The van der Waals surface area contributed by atoms with Gasteiger partial charge in [0.1, 0.15) is 6.61 Å². The van der Waals surface area contributed by atoms with Gasteiger partial charge in [-0.3, -0.25) is 4.90 Å². The van der Waals surface area contributed by atoms with Crippen molar-refractivity contribution < 1.29 is 4.84 Å². The Labute approximate surface area is 220 Å². The molecule has 0 radical (unpaired) electrons. The van der Waals surface area contributed by atoms with Crippen LogP contribution in [0.2, 0.25) is 10.0 Å². The summed E-state index contributed by atoms with van der Waals surface area (Å²) < 4.78 is 0. The van der Waals surface area contributed by atoms with Crippen LogP contribution in [0.25, 0.3) is 6.08 Å². The Morgan fingerprint density at radius 1 is 1.06 bits per heavy atom. The third kappa shape index (κ3) is 7.82. The molecule has 1 aliphatic heterocycles. The van der Waals surface area contributed by atoms with Crippen molar-refractivity contribution in [2.24, 2.45) is 17.0 Å². The highest BCUT2D eigenvalue weighted by Crippen LogP contribution is 2.30. The monoisotopic (exact) mass is 513 g/mol. The number of oxime groups is 1. The van der Waals surface area contributed by atoms with Gasteiger partial charge in [0.05, 0.1) is 5.71 Å². The maximum atomic E-state index is 6.41. The molecule has 2 aromatic carbocycles. The minimum absolute atomic E-state index is 0.383. The molecule has 0 N–H and O–H groups in total. The Kier molecular flexibility index (Phi) is 9.67. The molecule has 2 atom stereocenters. The van der Waals surface area contributed by atoms with Crippen molar-refractivity contribution in [1.29, 1.82) is 0 Å². The largest absolute Gasteiger partial charge is 0.395 e. The van der Waals surface area contributed by atoms with E-state index in [0.717, 1.165) is 69.8 Å². The van der Waals surface area contributed by atoms with Gasteiger partial charge >= 0.3 is 0 Å². The standard InChI is InChI=1S/C29H37Cl2N3O/c1-22(19-33-13-15-34(16-14-33)20-24-8-4-3-5-9-24)21-35-32-29-23(2)7-6-10-26(29)17-25-11-12-27(30)18-28(25)31/h3-5,8-9,11-12,17-18,22-23H,6-7,10,13-16,19-21H2,1-2H3/b26-17+,32-29+/t22-,23+/m0/s1. The third-order valence-electron chi connectivity index (χ3n) is 6.98. The summed E-state index contributed by atoms with van der Waals surface area (Å²) in [6, 6.07) is 16.4. The van der Waals surface area contributed by atoms with Crippen LogP contribution in [-0.2, 0) is 11.4 Å². The van der Waals surface area contributed by atoms with Crippen LogP contribution in [0.3, 0.4) is 0 Å². The van der Waals surface area contributed by atoms with E-state index < -0.39 is 0 Å². The molecule has 1 aliphatic carbocycles. The van der Waals surface area contributed by atoms with Crippen molar-refractivity contribution in [3.05, 3.63) is 75.3 Å². The molecule has 6 heteroatoms. The normalized spacial score (nSPS) is 23.0. The van der Waals surface area contributed by atoms with Gasteiger partial charge in [0.25, 0.3) is 0 Å². The minimum atomic E-state index is 0.383. The Morgan fingerprint density at radius 2 is 1.80 bits per heavy atom. The number of nitrogens with zero attached hydrogens (tertiary/aromatic N) is 3. The summed E-state index contributed by atoms with van der Waals surface area (Å²) in [5.41, 5.74) is 4.65. The van der Waals surface area contributed by atoms with E-state index in [9.17, 15) is 0 Å². The summed E-state index contributed by atoms with van der Waals surface area (Å²) in [5.74, 6) is 0.811. The molecule has 1 heterocycles. The minimum Gasteiger partial charge on any atom is -0.395 e. The van der Waals surface area contributed by atoms with Crippen LogP contribution >= 0.6 is 23.2 Å². The fourth-order valence-corrected chi connectivity index (χ4v) is 5.44. The lowest BCUT2D eigenvalue weighted by Gasteiger charge is -2.35. The molecule has 4 nitrogen and oxygen atoms in total. The first-order chi connectivity index (χ1) is 17.0. The smallest absolute Gasteiger partial charge is 0.120 e. The number of allylic oxidation sites excluding steroid dienone is 1. The number of hydrogen-bond donors (Lipinski definition) is 0. The van der Waals surface area contributed by atoms with Crippen molar-refractivity contribution in [2.75, 3.05) is 39.3 Å². The van der Waals surface area contributed by atoms with Gasteiger partial charge < -0.3 is 9.74 Å². The second-order valence-electron chi connectivity index (χ2n) is 10.1. The van der Waals surface area contributed by atoms with Crippen LogP contribution in [0.4, 0.5) is 0 Å². The van der Waals surface area contributed by atoms with Gasteiger partial charge in [-0.15, -0.1) is 0 Å². The maximum Gasteiger partial charge on any atom is 0.120 e. The first kappa shape index (κ1) is 26.2. The number of halogens is 2. The molecule has 4 rings (SSSR count). The van der Waals surface area contributed by atoms with Crippen molar-refractivity contribution in [3.8, 4) is 0 Å². The van der Waals surface area contributed by atoms with Gasteiger partial charge in [-0.05, 0) is 54.2 Å². The highest BCUT2D eigenvalue weighted by Gasteiger charge is 2.23. The lowest BCUT2D eigenvalue weighted by atomic mass is 9.84. The molecule has 0 bridgehead atoms. The van der Waals surface area contributed by atoms with Crippen molar-refractivity contribution in [2.45, 2.75) is 39.7 Å². The summed E-state index contributed by atoms with van der Waals surface area (Å²) in [4.78, 5) is 11.0. The van der Waals surface area contributed by atoms with E-state index in [4.69, 9.17) is 28.0 Å². The molecule has 0 spiro atoms. The summed E-state index contributed by atoms with van der Waals surface area (Å²) >= 11 is 12.5. The molecular weight excluding hydrogens is 477 g/mol. The van der Waals surface area contributed by atoms with Gasteiger partial charge in [0, 0.05) is 61.1 Å². The molecule has 0 aromatic heterocycles. The third-order valence-corrected chi connectivity index (χ3v) is 7.54. The molecule has 2 aromatic rings. The lowest BCUT2D eigenvalue weighted by molar-refractivity contribution is 0.0710. The van der Waals surface area contributed by atoms with Gasteiger partial charge in [-0.2, -0.15) is 0 Å². The van der Waals surface area contributed by atoms with E-state index in [1.165, 1.54) is 11.1 Å². The zero-order chi connectivity index (χ0) is 24.6. The van der Waals surface area contributed by atoms with Gasteiger partial charge in [-0.25, -0.2) is 0 Å². The van der Waals surface area contributed by atoms with Crippen LogP contribution in [-0.4, -0.2) is 54.8 Å². The van der Waals surface area contributed by atoms with Crippen LogP contribution in [0.15, 0.2) is 59.3 Å². The summed E-state index contributed by atoms with van der Waals surface area (Å²) in [6.07, 6.45) is 5.43. The van der Waals surface area contributed by atoms with Gasteiger partial charge in [0.2, 0.25) is 0 Å². The number of benzene rings is 2. The molecule has 2 aliphatic rings. The number of hydrogen-bond acceptors (Lipinski definition) is 4. The first-order valence-corrected chi connectivity index (χ1v) is 13.6. The van der Waals surface area contributed by atoms with E-state index in [2.05, 4.69) is 65.2 Å². The molecule has 1 saturated carbocycles. The van der Waals surface area contributed by atoms with E-state index >= 15 is 0 Å². The first-order valence-electron chi connectivity index (χ1n) is 12.8. The molecule has 2 fully saturated rings.